The van der Waals surface area contributed by atoms with Gasteiger partial charge in [0.05, 0.1) is 0 Å². The zero-order valence-corrected chi connectivity index (χ0v) is 12.8. The molecule has 1 aromatic carbocycles. The molecule has 2 aromatic heterocycles. The number of para-hydroxylation sites is 1. The molecular weight excluding hydrogens is 292 g/mol. The second kappa shape index (κ2) is 5.93. The van der Waals surface area contributed by atoms with Gasteiger partial charge < -0.3 is 8.83 Å². The van der Waals surface area contributed by atoms with E-state index in [2.05, 4.69) is 24.0 Å². The van der Waals surface area contributed by atoms with E-state index in [-0.39, 0.29) is 0 Å². The van der Waals surface area contributed by atoms with Crippen molar-refractivity contribution < 1.29 is 8.83 Å². The Kier molecular flexibility index (Phi) is 4.03. The van der Waals surface area contributed by atoms with Crippen LogP contribution in [-0.2, 0) is 0 Å². The fourth-order valence-electron chi connectivity index (χ4n) is 1.62. The van der Waals surface area contributed by atoms with Crippen molar-refractivity contribution >= 4 is 32.6 Å². The highest BCUT2D eigenvalue weighted by Gasteiger charge is 2.14. The summed E-state index contributed by atoms with van der Waals surface area (Å²) in [6.07, 6.45) is 1.11. The van der Waals surface area contributed by atoms with Crippen LogP contribution in [0.15, 0.2) is 44.4 Å². The third kappa shape index (κ3) is 2.86. The Morgan fingerprint density at radius 2 is 2.05 bits per heavy atom. The van der Waals surface area contributed by atoms with E-state index in [0.29, 0.717) is 22.1 Å². The van der Waals surface area contributed by atoms with Gasteiger partial charge in [-0.25, -0.2) is 0 Å². The van der Waals surface area contributed by atoms with E-state index in [1.54, 1.807) is 10.8 Å². The lowest BCUT2D eigenvalue weighted by atomic mass is 10.2. The SMILES string of the molecule is CCC(C)SSc1nnc(-c2cc3ccccc3o2)o1. The van der Waals surface area contributed by atoms with Gasteiger partial charge in [-0.15, -0.1) is 5.10 Å². The van der Waals surface area contributed by atoms with Crippen LogP contribution in [0.5, 0.6) is 0 Å². The molecule has 1 atom stereocenters. The van der Waals surface area contributed by atoms with Crippen molar-refractivity contribution in [2.45, 2.75) is 30.7 Å². The van der Waals surface area contributed by atoms with Crippen LogP contribution in [0.3, 0.4) is 0 Å². The standard InChI is InChI=1S/C14H14N2O2S2/c1-3-9(2)19-20-14-16-15-13(18-14)12-8-10-6-4-5-7-11(10)17-12/h4-9H,3H2,1-2H3. The Balaban J connectivity index is 1.79. The first-order valence-corrected chi connectivity index (χ1v) is 8.63. The molecule has 0 aliphatic rings. The predicted octanol–water partition coefficient (Wildman–Crippen LogP) is 5.02. The van der Waals surface area contributed by atoms with Crippen molar-refractivity contribution in [2.24, 2.45) is 0 Å². The summed E-state index contributed by atoms with van der Waals surface area (Å²) >= 11 is 0. The fourth-order valence-corrected chi connectivity index (χ4v) is 3.54. The number of aromatic nitrogens is 2. The molecule has 4 nitrogen and oxygen atoms in total. The van der Waals surface area contributed by atoms with Gasteiger partial charge in [0.15, 0.2) is 5.76 Å². The summed E-state index contributed by atoms with van der Waals surface area (Å²) in [6, 6.07) is 9.74. The van der Waals surface area contributed by atoms with E-state index in [1.165, 1.54) is 10.8 Å². The molecule has 1 unspecified atom stereocenters. The minimum atomic E-state index is 0.424. The van der Waals surface area contributed by atoms with Crippen molar-refractivity contribution in [2.75, 3.05) is 0 Å². The molecule has 6 heteroatoms. The molecule has 2 heterocycles. The highest BCUT2D eigenvalue weighted by molar-refractivity contribution is 8.76. The average molecular weight is 306 g/mol. The molecule has 104 valence electrons. The Morgan fingerprint density at radius 3 is 2.85 bits per heavy atom. The molecule has 0 amide bonds. The normalized spacial score (nSPS) is 12.9. The van der Waals surface area contributed by atoms with Crippen LogP contribution in [0.1, 0.15) is 20.3 Å². The Labute approximate surface area is 124 Å². The summed E-state index contributed by atoms with van der Waals surface area (Å²) in [5, 5.41) is 10.2. The molecule has 3 aromatic rings. The van der Waals surface area contributed by atoms with E-state index < -0.39 is 0 Å². The van der Waals surface area contributed by atoms with Gasteiger partial charge in [0.25, 0.3) is 11.1 Å². The molecule has 0 radical (unpaired) electrons. The van der Waals surface area contributed by atoms with Crippen LogP contribution in [0.25, 0.3) is 22.6 Å². The minimum absolute atomic E-state index is 0.424. The lowest BCUT2D eigenvalue weighted by Gasteiger charge is -2.02. The molecule has 0 fully saturated rings. The molecule has 0 saturated heterocycles. The molecule has 0 spiro atoms. The van der Waals surface area contributed by atoms with Crippen molar-refractivity contribution in [1.82, 2.24) is 10.2 Å². The summed E-state index contributed by atoms with van der Waals surface area (Å²) in [4.78, 5) is 0. The minimum Gasteiger partial charge on any atom is -0.451 e. The summed E-state index contributed by atoms with van der Waals surface area (Å²) in [7, 11) is 3.24. The number of hydrogen-bond donors (Lipinski definition) is 0. The predicted molar refractivity (Wildman–Crippen MR) is 82.7 cm³/mol. The summed E-state index contributed by atoms with van der Waals surface area (Å²) in [5.74, 6) is 1.03. The number of benzene rings is 1. The van der Waals surface area contributed by atoms with Gasteiger partial charge >= 0.3 is 0 Å². The molecular formula is C14H14N2O2S2. The summed E-state index contributed by atoms with van der Waals surface area (Å²) < 4.78 is 11.3. The molecule has 3 rings (SSSR count). The molecule has 0 bridgehead atoms. The van der Waals surface area contributed by atoms with Gasteiger partial charge in [-0.05, 0) is 18.6 Å². The fraction of sp³-hybridized carbons (Fsp3) is 0.286. The lowest BCUT2D eigenvalue weighted by molar-refractivity contribution is 0.453. The number of furan rings is 1. The van der Waals surface area contributed by atoms with Crippen molar-refractivity contribution in [1.29, 1.82) is 0 Å². The maximum absolute atomic E-state index is 5.70. The van der Waals surface area contributed by atoms with Crippen LogP contribution >= 0.6 is 21.6 Å². The van der Waals surface area contributed by atoms with Crippen molar-refractivity contribution in [3.05, 3.63) is 30.3 Å². The molecule has 0 aliphatic carbocycles. The maximum atomic E-state index is 5.70. The molecule has 0 saturated carbocycles. The van der Waals surface area contributed by atoms with Crippen LogP contribution in [0, 0.1) is 0 Å². The van der Waals surface area contributed by atoms with Gasteiger partial charge in [-0.1, -0.05) is 47.9 Å². The van der Waals surface area contributed by atoms with E-state index in [9.17, 15) is 0 Å². The summed E-state index contributed by atoms with van der Waals surface area (Å²) in [6.45, 7) is 4.33. The van der Waals surface area contributed by atoms with Crippen LogP contribution in [0.4, 0.5) is 0 Å². The van der Waals surface area contributed by atoms with Gasteiger partial charge in [-0.3, -0.25) is 0 Å². The number of fused-ring (bicyclic) bond motifs is 1. The van der Waals surface area contributed by atoms with E-state index >= 15 is 0 Å². The van der Waals surface area contributed by atoms with Crippen LogP contribution < -0.4 is 0 Å². The molecule has 0 N–H and O–H groups in total. The van der Waals surface area contributed by atoms with Gasteiger partial charge in [0.2, 0.25) is 0 Å². The van der Waals surface area contributed by atoms with Gasteiger partial charge in [0.1, 0.15) is 5.58 Å². The van der Waals surface area contributed by atoms with Gasteiger partial charge in [-0.2, -0.15) is 0 Å². The third-order valence-electron chi connectivity index (χ3n) is 2.90. The smallest absolute Gasteiger partial charge is 0.287 e. The Morgan fingerprint density at radius 1 is 1.20 bits per heavy atom. The Bertz CT molecular complexity index is 675. The Hall–Kier alpha value is -1.40. The zero-order valence-electron chi connectivity index (χ0n) is 11.2. The monoisotopic (exact) mass is 306 g/mol. The third-order valence-corrected chi connectivity index (χ3v) is 5.67. The second-order valence-electron chi connectivity index (χ2n) is 4.42. The highest BCUT2D eigenvalue weighted by atomic mass is 33.1. The summed E-state index contributed by atoms with van der Waals surface area (Å²) in [5.41, 5.74) is 0.823. The largest absolute Gasteiger partial charge is 0.451 e. The quantitative estimate of drug-likeness (QED) is 0.617. The first-order valence-electron chi connectivity index (χ1n) is 6.42. The van der Waals surface area contributed by atoms with E-state index in [4.69, 9.17) is 8.83 Å². The highest BCUT2D eigenvalue weighted by Crippen LogP contribution is 2.36. The first-order chi connectivity index (χ1) is 9.76. The number of nitrogens with zero attached hydrogens (tertiary/aromatic N) is 2. The number of hydrogen-bond acceptors (Lipinski definition) is 6. The molecule has 0 aliphatic heterocycles. The average Bonchev–Trinajstić information content (AvgIpc) is 3.10. The second-order valence-corrected chi connectivity index (χ2v) is 7.01. The lowest BCUT2D eigenvalue weighted by Crippen LogP contribution is -1.88. The van der Waals surface area contributed by atoms with Crippen molar-refractivity contribution in [3.63, 3.8) is 0 Å². The van der Waals surface area contributed by atoms with E-state index in [0.717, 1.165) is 17.4 Å². The van der Waals surface area contributed by atoms with Crippen LogP contribution in [0.2, 0.25) is 0 Å². The van der Waals surface area contributed by atoms with Crippen molar-refractivity contribution in [3.8, 4) is 11.7 Å². The first kappa shape index (κ1) is 13.6. The zero-order chi connectivity index (χ0) is 13.9. The molecule has 20 heavy (non-hydrogen) atoms. The van der Waals surface area contributed by atoms with Gasteiger partial charge in [0, 0.05) is 21.4 Å². The topological polar surface area (TPSA) is 52.1 Å². The number of rotatable bonds is 5. The van der Waals surface area contributed by atoms with E-state index in [1.807, 2.05) is 30.3 Å². The van der Waals surface area contributed by atoms with Crippen LogP contribution in [-0.4, -0.2) is 15.4 Å². The maximum Gasteiger partial charge on any atom is 0.287 e.